The molecule has 0 saturated carbocycles. The summed E-state index contributed by atoms with van der Waals surface area (Å²) < 4.78 is 11.0. The highest BCUT2D eigenvalue weighted by molar-refractivity contribution is 5.89. The van der Waals surface area contributed by atoms with Crippen LogP contribution < -0.4 is 5.32 Å². The number of rotatable bonds is 4. The van der Waals surface area contributed by atoms with Crippen molar-refractivity contribution in [1.82, 2.24) is 14.9 Å². The molecule has 6 nitrogen and oxygen atoms in total. The van der Waals surface area contributed by atoms with E-state index in [1.807, 2.05) is 13.8 Å². The normalized spacial score (nSPS) is 16.7. The molecule has 3 heterocycles. The summed E-state index contributed by atoms with van der Waals surface area (Å²) >= 11 is 0. The highest BCUT2D eigenvalue weighted by Gasteiger charge is 2.14. The van der Waals surface area contributed by atoms with Gasteiger partial charge in [0.15, 0.2) is 0 Å². The Balaban J connectivity index is 1.68. The van der Waals surface area contributed by atoms with Gasteiger partial charge in [0.1, 0.15) is 17.9 Å². The number of nitrogens with zero attached hydrogens (tertiary/aromatic N) is 3. The van der Waals surface area contributed by atoms with Gasteiger partial charge in [-0.1, -0.05) is 0 Å². The van der Waals surface area contributed by atoms with Crippen molar-refractivity contribution in [1.29, 1.82) is 0 Å². The van der Waals surface area contributed by atoms with Crippen LogP contribution >= 0.6 is 0 Å². The first-order chi connectivity index (χ1) is 9.75. The second-order valence-electron chi connectivity index (χ2n) is 5.07. The minimum absolute atomic E-state index is 0.656. The van der Waals surface area contributed by atoms with Crippen molar-refractivity contribution in [3.05, 3.63) is 17.7 Å². The molecule has 0 amide bonds. The molecular weight excluding hydrogens is 256 g/mol. The minimum Gasteiger partial charge on any atom is -0.443 e. The molecule has 1 saturated heterocycles. The van der Waals surface area contributed by atoms with Crippen LogP contribution in [0, 0.1) is 13.8 Å². The van der Waals surface area contributed by atoms with Crippen molar-refractivity contribution in [3.63, 3.8) is 0 Å². The van der Waals surface area contributed by atoms with Gasteiger partial charge in [-0.3, -0.25) is 4.90 Å². The smallest absolute Gasteiger partial charge is 0.231 e. The minimum atomic E-state index is 0.656. The highest BCUT2D eigenvalue weighted by atomic mass is 16.5. The van der Waals surface area contributed by atoms with E-state index in [0.717, 1.165) is 61.9 Å². The molecule has 0 spiro atoms. The number of hydrogen-bond donors (Lipinski definition) is 1. The molecule has 2 aromatic heterocycles. The zero-order valence-electron chi connectivity index (χ0n) is 12.0. The summed E-state index contributed by atoms with van der Waals surface area (Å²) in [6.45, 7) is 9.51. The van der Waals surface area contributed by atoms with Crippen molar-refractivity contribution >= 4 is 16.9 Å². The molecule has 1 aliphatic heterocycles. The number of anilines is 1. The predicted octanol–water partition coefficient (Wildman–Crippen LogP) is 1.58. The Labute approximate surface area is 118 Å². The topological polar surface area (TPSA) is 63.4 Å². The summed E-state index contributed by atoms with van der Waals surface area (Å²) in [7, 11) is 0. The van der Waals surface area contributed by atoms with Crippen LogP contribution in [0.1, 0.15) is 11.3 Å². The molecule has 0 bridgehead atoms. The third-order valence-corrected chi connectivity index (χ3v) is 3.79. The summed E-state index contributed by atoms with van der Waals surface area (Å²) in [5, 5.41) is 4.39. The molecule has 2 aromatic rings. The summed E-state index contributed by atoms with van der Waals surface area (Å²) in [5.74, 6) is 1.76. The number of ether oxygens (including phenoxy) is 1. The summed E-state index contributed by atoms with van der Waals surface area (Å²) in [4.78, 5) is 10.9. The van der Waals surface area contributed by atoms with E-state index in [9.17, 15) is 0 Å². The Hall–Kier alpha value is -1.66. The molecule has 1 aliphatic rings. The quantitative estimate of drug-likeness (QED) is 0.915. The lowest BCUT2D eigenvalue weighted by molar-refractivity contribution is 0.0398. The van der Waals surface area contributed by atoms with Crippen LogP contribution in [0.25, 0.3) is 11.1 Å². The van der Waals surface area contributed by atoms with E-state index < -0.39 is 0 Å². The van der Waals surface area contributed by atoms with Crippen LogP contribution in [-0.2, 0) is 4.74 Å². The molecule has 3 rings (SSSR count). The fourth-order valence-electron chi connectivity index (χ4n) is 2.47. The number of furan rings is 1. The van der Waals surface area contributed by atoms with Crippen LogP contribution in [0.15, 0.2) is 10.7 Å². The third kappa shape index (κ3) is 2.62. The molecule has 1 fully saturated rings. The molecule has 6 heteroatoms. The fraction of sp³-hybridized carbons (Fsp3) is 0.571. The summed E-state index contributed by atoms with van der Waals surface area (Å²) in [6.07, 6.45) is 1.54. The first kappa shape index (κ1) is 13.3. The van der Waals surface area contributed by atoms with Gasteiger partial charge in [0.05, 0.1) is 18.6 Å². The number of aromatic nitrogens is 2. The summed E-state index contributed by atoms with van der Waals surface area (Å²) in [5.41, 5.74) is 1.76. The average molecular weight is 276 g/mol. The molecule has 0 aliphatic carbocycles. The molecule has 0 radical (unpaired) electrons. The van der Waals surface area contributed by atoms with Crippen molar-refractivity contribution in [2.24, 2.45) is 0 Å². The molecular formula is C14H20N4O2. The van der Waals surface area contributed by atoms with Crippen molar-refractivity contribution in [2.45, 2.75) is 13.8 Å². The molecule has 108 valence electrons. The molecule has 0 aromatic carbocycles. The second kappa shape index (κ2) is 5.76. The van der Waals surface area contributed by atoms with Gasteiger partial charge in [-0.2, -0.15) is 0 Å². The maximum absolute atomic E-state index is 5.62. The third-order valence-electron chi connectivity index (χ3n) is 3.79. The zero-order chi connectivity index (χ0) is 13.9. The lowest BCUT2D eigenvalue weighted by Gasteiger charge is -2.26. The molecule has 0 atom stereocenters. The van der Waals surface area contributed by atoms with Crippen LogP contribution in [0.5, 0.6) is 0 Å². The first-order valence-corrected chi connectivity index (χ1v) is 7.00. The van der Waals surface area contributed by atoms with Crippen LogP contribution in [0.3, 0.4) is 0 Å². The van der Waals surface area contributed by atoms with Gasteiger partial charge in [0.25, 0.3) is 0 Å². The number of fused-ring (bicyclic) bond motifs is 1. The molecule has 0 unspecified atom stereocenters. The van der Waals surface area contributed by atoms with Gasteiger partial charge >= 0.3 is 0 Å². The van der Waals surface area contributed by atoms with Gasteiger partial charge in [-0.05, 0) is 13.8 Å². The number of hydrogen-bond acceptors (Lipinski definition) is 6. The number of aryl methyl sites for hydroxylation is 2. The van der Waals surface area contributed by atoms with Gasteiger partial charge < -0.3 is 14.5 Å². The van der Waals surface area contributed by atoms with E-state index in [1.54, 1.807) is 6.33 Å². The van der Waals surface area contributed by atoms with Crippen molar-refractivity contribution in [2.75, 3.05) is 44.7 Å². The monoisotopic (exact) mass is 276 g/mol. The Morgan fingerprint density at radius 2 is 2.05 bits per heavy atom. The first-order valence-electron chi connectivity index (χ1n) is 7.00. The molecule has 1 N–H and O–H groups in total. The Morgan fingerprint density at radius 3 is 2.85 bits per heavy atom. The van der Waals surface area contributed by atoms with Gasteiger partial charge in [-0.15, -0.1) is 0 Å². The lowest BCUT2D eigenvalue weighted by Crippen LogP contribution is -2.39. The maximum atomic E-state index is 5.62. The van der Waals surface area contributed by atoms with Crippen molar-refractivity contribution in [3.8, 4) is 0 Å². The Kier molecular flexibility index (Phi) is 3.84. The standard InChI is InChI=1S/C14H20N4O2/c1-10-11(2)20-14-12(10)13(16-9-17-14)15-3-4-18-5-7-19-8-6-18/h9H,3-8H2,1-2H3,(H,15,16,17). The zero-order valence-corrected chi connectivity index (χ0v) is 12.0. The fourth-order valence-corrected chi connectivity index (χ4v) is 2.47. The second-order valence-corrected chi connectivity index (χ2v) is 5.07. The van der Waals surface area contributed by atoms with Crippen molar-refractivity contribution < 1.29 is 9.15 Å². The molecule has 20 heavy (non-hydrogen) atoms. The highest BCUT2D eigenvalue weighted by Crippen LogP contribution is 2.27. The van der Waals surface area contributed by atoms with Gasteiger partial charge in [0.2, 0.25) is 5.71 Å². The largest absolute Gasteiger partial charge is 0.443 e. The average Bonchev–Trinajstić information content (AvgIpc) is 2.76. The van der Waals surface area contributed by atoms with E-state index >= 15 is 0 Å². The number of morpholine rings is 1. The van der Waals surface area contributed by atoms with E-state index in [4.69, 9.17) is 9.15 Å². The maximum Gasteiger partial charge on any atom is 0.231 e. The predicted molar refractivity (Wildman–Crippen MR) is 77.0 cm³/mol. The van der Waals surface area contributed by atoms with E-state index in [-0.39, 0.29) is 0 Å². The van der Waals surface area contributed by atoms with E-state index in [1.165, 1.54) is 0 Å². The van der Waals surface area contributed by atoms with Crippen LogP contribution in [-0.4, -0.2) is 54.3 Å². The van der Waals surface area contributed by atoms with Crippen LogP contribution in [0.4, 0.5) is 5.82 Å². The number of nitrogens with one attached hydrogen (secondary N) is 1. The SMILES string of the molecule is Cc1oc2ncnc(NCCN3CCOCC3)c2c1C. The van der Waals surface area contributed by atoms with E-state index in [0.29, 0.717) is 5.71 Å². The Morgan fingerprint density at radius 1 is 1.25 bits per heavy atom. The van der Waals surface area contributed by atoms with E-state index in [2.05, 4.69) is 20.2 Å². The van der Waals surface area contributed by atoms with Gasteiger partial charge in [-0.25, -0.2) is 9.97 Å². The Bertz CT molecular complexity index is 590. The summed E-state index contributed by atoms with van der Waals surface area (Å²) in [6, 6.07) is 0. The van der Waals surface area contributed by atoms with Crippen LogP contribution in [0.2, 0.25) is 0 Å². The van der Waals surface area contributed by atoms with Gasteiger partial charge in [0, 0.05) is 31.7 Å². The lowest BCUT2D eigenvalue weighted by atomic mass is 10.2.